The topological polar surface area (TPSA) is 57.7 Å². The fourth-order valence-electron chi connectivity index (χ4n) is 5.14. The van der Waals surface area contributed by atoms with Gasteiger partial charge in [0, 0.05) is 16.6 Å². The Labute approximate surface area is 172 Å². The molecule has 0 radical (unpaired) electrons. The smallest absolute Gasteiger partial charge is 0.239 e. The van der Waals surface area contributed by atoms with Crippen molar-refractivity contribution in [2.45, 2.75) is 24.9 Å². The second kappa shape index (κ2) is 6.75. The van der Waals surface area contributed by atoms with Gasteiger partial charge >= 0.3 is 0 Å². The summed E-state index contributed by atoms with van der Waals surface area (Å²) < 4.78 is 13.3. The molecule has 0 spiro atoms. The van der Waals surface area contributed by atoms with Crippen molar-refractivity contribution in [2.75, 3.05) is 11.4 Å². The second-order valence-electron chi connectivity index (χ2n) is 7.80. The standard InChI is InChI=1S/C22H18ClFN2O3/c23-13-5-9-15(10-6-13)26-21(28)17-16-2-1-11-25(16)19(18(17)22(26)29)20(27)12-3-7-14(24)8-4-12/h3-10,16-19H,1-2,11H2/t16-,17-,18-,19-/m1/s1. The van der Waals surface area contributed by atoms with Crippen LogP contribution in [0.3, 0.4) is 0 Å². The number of benzene rings is 2. The molecule has 0 bridgehead atoms. The normalized spacial score (nSPS) is 28.7. The van der Waals surface area contributed by atoms with E-state index >= 15 is 0 Å². The van der Waals surface area contributed by atoms with Crippen LogP contribution in [0.25, 0.3) is 0 Å². The number of hydrogen-bond acceptors (Lipinski definition) is 4. The Morgan fingerprint density at radius 1 is 0.966 bits per heavy atom. The molecule has 148 valence electrons. The number of nitrogens with zero attached hydrogens (tertiary/aromatic N) is 2. The van der Waals surface area contributed by atoms with Crippen LogP contribution < -0.4 is 4.90 Å². The Balaban J connectivity index is 1.54. The van der Waals surface area contributed by atoms with Crippen molar-refractivity contribution in [1.29, 1.82) is 0 Å². The van der Waals surface area contributed by atoms with Crippen LogP contribution >= 0.6 is 11.6 Å². The molecule has 2 aromatic carbocycles. The van der Waals surface area contributed by atoms with E-state index in [1.54, 1.807) is 24.3 Å². The SMILES string of the molecule is O=C(c1ccc(F)cc1)[C@H]1[C@@H]2C(=O)N(c3ccc(Cl)cc3)C(=O)[C@@H]2[C@H]2CCCN21. The third-order valence-electron chi connectivity index (χ3n) is 6.33. The summed E-state index contributed by atoms with van der Waals surface area (Å²) in [6, 6.07) is 11.1. The van der Waals surface area contributed by atoms with E-state index in [0.29, 0.717) is 22.8 Å². The molecule has 3 fully saturated rings. The molecule has 0 saturated carbocycles. The summed E-state index contributed by atoms with van der Waals surface area (Å²) in [5.41, 5.74) is 0.823. The van der Waals surface area contributed by atoms with Gasteiger partial charge in [-0.25, -0.2) is 9.29 Å². The minimum atomic E-state index is -0.721. The molecule has 0 unspecified atom stereocenters. The summed E-state index contributed by atoms with van der Waals surface area (Å²) in [6.45, 7) is 0.677. The lowest BCUT2D eigenvalue weighted by Crippen LogP contribution is -2.46. The van der Waals surface area contributed by atoms with Crippen molar-refractivity contribution in [2.24, 2.45) is 11.8 Å². The molecule has 0 N–H and O–H groups in total. The van der Waals surface area contributed by atoms with E-state index in [1.807, 2.05) is 4.90 Å². The Bertz CT molecular complexity index is 1010. The molecule has 29 heavy (non-hydrogen) atoms. The Kier molecular flexibility index (Phi) is 4.29. The largest absolute Gasteiger partial charge is 0.292 e. The third-order valence-corrected chi connectivity index (χ3v) is 6.59. The van der Waals surface area contributed by atoms with Gasteiger partial charge < -0.3 is 0 Å². The molecular weight excluding hydrogens is 395 g/mol. The van der Waals surface area contributed by atoms with Gasteiger partial charge in [-0.15, -0.1) is 0 Å². The fourth-order valence-corrected chi connectivity index (χ4v) is 5.27. The number of anilines is 1. The number of amides is 2. The van der Waals surface area contributed by atoms with Gasteiger partial charge in [0.25, 0.3) is 0 Å². The first kappa shape index (κ1) is 18.5. The van der Waals surface area contributed by atoms with Gasteiger partial charge in [0.05, 0.1) is 23.6 Å². The molecule has 0 aliphatic carbocycles. The van der Waals surface area contributed by atoms with E-state index in [9.17, 15) is 18.8 Å². The highest BCUT2D eigenvalue weighted by Gasteiger charge is 2.64. The van der Waals surface area contributed by atoms with Crippen LogP contribution in [0.2, 0.25) is 5.02 Å². The molecular formula is C22H18ClFN2O3. The molecule has 5 rings (SSSR count). The molecule has 3 saturated heterocycles. The average Bonchev–Trinajstić information content (AvgIpc) is 3.35. The molecule has 4 atom stereocenters. The van der Waals surface area contributed by atoms with Crippen molar-refractivity contribution in [3.8, 4) is 0 Å². The lowest BCUT2D eigenvalue weighted by molar-refractivity contribution is -0.123. The van der Waals surface area contributed by atoms with Crippen LogP contribution in [0.1, 0.15) is 23.2 Å². The molecule has 3 heterocycles. The summed E-state index contributed by atoms with van der Waals surface area (Å²) in [5.74, 6) is -2.52. The summed E-state index contributed by atoms with van der Waals surface area (Å²) in [7, 11) is 0. The maximum atomic E-state index is 13.3. The van der Waals surface area contributed by atoms with E-state index < -0.39 is 23.7 Å². The molecule has 5 nitrogen and oxygen atoms in total. The Hall–Kier alpha value is -2.57. The minimum absolute atomic E-state index is 0.122. The third kappa shape index (κ3) is 2.74. The zero-order chi connectivity index (χ0) is 20.3. The monoisotopic (exact) mass is 412 g/mol. The van der Waals surface area contributed by atoms with Gasteiger partial charge in [-0.1, -0.05) is 11.6 Å². The highest BCUT2D eigenvalue weighted by molar-refractivity contribution is 6.31. The quantitative estimate of drug-likeness (QED) is 0.573. The highest BCUT2D eigenvalue weighted by Crippen LogP contribution is 2.48. The minimum Gasteiger partial charge on any atom is -0.292 e. The zero-order valence-electron chi connectivity index (χ0n) is 15.4. The zero-order valence-corrected chi connectivity index (χ0v) is 16.2. The summed E-state index contributed by atoms with van der Waals surface area (Å²) in [5, 5.41) is 0.513. The van der Waals surface area contributed by atoms with Gasteiger partial charge in [0.1, 0.15) is 5.82 Å². The Morgan fingerprint density at radius 2 is 1.62 bits per heavy atom. The van der Waals surface area contributed by atoms with Gasteiger partial charge in [-0.2, -0.15) is 0 Å². The number of carbonyl (C=O) groups is 3. The number of carbonyl (C=O) groups excluding carboxylic acids is 3. The lowest BCUT2D eigenvalue weighted by Gasteiger charge is -2.27. The molecule has 2 amide bonds. The molecule has 2 aromatic rings. The number of imide groups is 1. The van der Waals surface area contributed by atoms with Crippen molar-refractivity contribution >= 4 is 34.9 Å². The van der Waals surface area contributed by atoms with Crippen LogP contribution in [0.15, 0.2) is 48.5 Å². The van der Waals surface area contributed by atoms with E-state index in [-0.39, 0.29) is 23.6 Å². The van der Waals surface area contributed by atoms with Crippen molar-refractivity contribution in [3.63, 3.8) is 0 Å². The van der Waals surface area contributed by atoms with Gasteiger partial charge in [-0.05, 0) is 67.9 Å². The van der Waals surface area contributed by atoms with Crippen molar-refractivity contribution < 1.29 is 18.8 Å². The number of halogens is 2. The molecule has 3 aliphatic rings. The maximum Gasteiger partial charge on any atom is 0.239 e. The molecule has 7 heteroatoms. The number of Topliss-reactive ketones (excluding diaryl/α,β-unsaturated/α-hetero) is 1. The van der Waals surface area contributed by atoms with Crippen molar-refractivity contribution in [3.05, 3.63) is 64.9 Å². The van der Waals surface area contributed by atoms with Crippen LogP contribution in [0.5, 0.6) is 0 Å². The number of ketones is 1. The number of hydrogen-bond donors (Lipinski definition) is 0. The van der Waals surface area contributed by atoms with Crippen LogP contribution in [-0.2, 0) is 9.59 Å². The second-order valence-corrected chi connectivity index (χ2v) is 8.24. The van der Waals surface area contributed by atoms with E-state index in [2.05, 4.69) is 0 Å². The fraction of sp³-hybridized carbons (Fsp3) is 0.318. The highest BCUT2D eigenvalue weighted by atomic mass is 35.5. The maximum absolute atomic E-state index is 13.3. The van der Waals surface area contributed by atoms with Crippen LogP contribution in [0.4, 0.5) is 10.1 Å². The van der Waals surface area contributed by atoms with E-state index in [0.717, 1.165) is 12.8 Å². The first-order valence-corrected chi connectivity index (χ1v) is 10.0. The van der Waals surface area contributed by atoms with Crippen LogP contribution in [-0.4, -0.2) is 41.1 Å². The van der Waals surface area contributed by atoms with Crippen molar-refractivity contribution in [1.82, 2.24) is 4.90 Å². The van der Waals surface area contributed by atoms with Gasteiger partial charge in [0.15, 0.2) is 5.78 Å². The van der Waals surface area contributed by atoms with E-state index in [4.69, 9.17) is 11.6 Å². The predicted octanol–water partition coefficient (Wildman–Crippen LogP) is 3.31. The van der Waals surface area contributed by atoms with Crippen LogP contribution in [0, 0.1) is 17.7 Å². The number of rotatable bonds is 3. The van der Waals surface area contributed by atoms with E-state index in [1.165, 1.54) is 29.2 Å². The first-order chi connectivity index (χ1) is 14.0. The Morgan fingerprint density at radius 3 is 2.31 bits per heavy atom. The summed E-state index contributed by atoms with van der Waals surface area (Å²) in [6.07, 6.45) is 1.66. The summed E-state index contributed by atoms with van der Waals surface area (Å²) >= 11 is 5.94. The first-order valence-electron chi connectivity index (χ1n) is 9.66. The lowest BCUT2D eigenvalue weighted by atomic mass is 9.85. The molecule has 0 aromatic heterocycles. The van der Waals surface area contributed by atoms with Gasteiger partial charge in [0.2, 0.25) is 11.8 Å². The summed E-state index contributed by atoms with van der Waals surface area (Å²) in [4.78, 5) is 43.1. The molecule has 3 aliphatic heterocycles. The predicted molar refractivity (Wildman–Crippen MR) is 105 cm³/mol. The average molecular weight is 413 g/mol. The number of fused-ring (bicyclic) bond motifs is 3. The van der Waals surface area contributed by atoms with Gasteiger partial charge in [-0.3, -0.25) is 19.3 Å².